The first kappa shape index (κ1) is 11.8. The van der Waals surface area contributed by atoms with E-state index in [-0.39, 0.29) is 0 Å². The summed E-state index contributed by atoms with van der Waals surface area (Å²) >= 11 is 0. The van der Waals surface area contributed by atoms with E-state index in [0.717, 1.165) is 19.5 Å². The van der Waals surface area contributed by atoms with Gasteiger partial charge >= 0.3 is 0 Å². The average Bonchev–Trinajstić information content (AvgIpc) is 2.69. The van der Waals surface area contributed by atoms with Crippen molar-refractivity contribution >= 4 is 10.9 Å². The van der Waals surface area contributed by atoms with Crippen LogP contribution in [0.1, 0.15) is 19.0 Å². The van der Waals surface area contributed by atoms with Gasteiger partial charge in [0.15, 0.2) is 0 Å². The number of terminal acetylenes is 1. The molecule has 0 unspecified atom stereocenters. The van der Waals surface area contributed by atoms with Gasteiger partial charge < -0.3 is 9.88 Å². The van der Waals surface area contributed by atoms with E-state index >= 15 is 0 Å². The van der Waals surface area contributed by atoms with Crippen LogP contribution in [0.25, 0.3) is 10.9 Å². The first-order chi connectivity index (χ1) is 8.36. The molecule has 0 bridgehead atoms. The molecule has 1 aromatic heterocycles. The van der Waals surface area contributed by atoms with E-state index in [4.69, 9.17) is 6.42 Å². The van der Waals surface area contributed by atoms with E-state index in [1.807, 2.05) is 0 Å². The third-order valence-corrected chi connectivity index (χ3v) is 2.88. The van der Waals surface area contributed by atoms with Gasteiger partial charge in [-0.25, -0.2) is 0 Å². The van der Waals surface area contributed by atoms with Crippen LogP contribution in [0.2, 0.25) is 0 Å². The molecule has 2 rings (SSSR count). The molecule has 0 aliphatic carbocycles. The molecular formula is C15H18N2. The Morgan fingerprint density at radius 1 is 1.35 bits per heavy atom. The molecule has 0 fully saturated rings. The maximum atomic E-state index is 5.44. The van der Waals surface area contributed by atoms with Crippen LogP contribution >= 0.6 is 0 Å². The molecule has 88 valence electrons. The highest BCUT2D eigenvalue weighted by molar-refractivity contribution is 5.81. The number of fused-ring (bicyclic) bond motifs is 1. The zero-order chi connectivity index (χ0) is 12.1. The monoisotopic (exact) mass is 226 g/mol. The number of nitrogens with one attached hydrogen (secondary N) is 1. The summed E-state index contributed by atoms with van der Waals surface area (Å²) in [6.45, 7) is 4.72. The van der Waals surface area contributed by atoms with Gasteiger partial charge in [-0.1, -0.05) is 31.0 Å². The lowest BCUT2D eigenvalue weighted by atomic mass is 10.2. The van der Waals surface area contributed by atoms with Gasteiger partial charge in [0.05, 0.1) is 6.54 Å². The smallest absolute Gasteiger partial charge is 0.0838 e. The zero-order valence-corrected chi connectivity index (χ0v) is 10.2. The Labute approximate surface area is 103 Å². The molecule has 0 saturated carbocycles. The molecule has 2 nitrogen and oxygen atoms in total. The van der Waals surface area contributed by atoms with Crippen LogP contribution in [0.5, 0.6) is 0 Å². The summed E-state index contributed by atoms with van der Waals surface area (Å²) in [4.78, 5) is 0. The van der Waals surface area contributed by atoms with E-state index in [2.05, 4.69) is 53.1 Å². The van der Waals surface area contributed by atoms with Crippen molar-refractivity contribution in [3.05, 3.63) is 36.0 Å². The maximum Gasteiger partial charge on any atom is 0.0838 e. The molecule has 1 N–H and O–H groups in total. The van der Waals surface area contributed by atoms with Crippen molar-refractivity contribution in [2.45, 2.75) is 26.4 Å². The largest absolute Gasteiger partial charge is 0.332 e. The standard InChI is InChI=1S/C15H18N2/c1-3-9-16-12-14-11-13-7-5-6-8-15(13)17(14)10-4-2/h2,5-8,11,16H,3,9-10,12H2,1H3. The minimum Gasteiger partial charge on any atom is -0.332 e. The summed E-state index contributed by atoms with van der Waals surface area (Å²) in [6, 6.07) is 10.6. The lowest BCUT2D eigenvalue weighted by Gasteiger charge is -2.08. The van der Waals surface area contributed by atoms with E-state index in [1.54, 1.807) is 0 Å². The summed E-state index contributed by atoms with van der Waals surface area (Å²) in [5.74, 6) is 2.73. The van der Waals surface area contributed by atoms with Crippen LogP contribution in [0, 0.1) is 12.3 Å². The van der Waals surface area contributed by atoms with Gasteiger partial charge in [0.25, 0.3) is 0 Å². The van der Waals surface area contributed by atoms with Crippen molar-refractivity contribution < 1.29 is 0 Å². The Hall–Kier alpha value is -1.72. The van der Waals surface area contributed by atoms with Gasteiger partial charge in [-0.3, -0.25) is 0 Å². The number of para-hydroxylation sites is 1. The van der Waals surface area contributed by atoms with E-state index in [9.17, 15) is 0 Å². The summed E-state index contributed by atoms with van der Waals surface area (Å²) in [6.07, 6.45) is 6.59. The average molecular weight is 226 g/mol. The molecule has 17 heavy (non-hydrogen) atoms. The zero-order valence-electron chi connectivity index (χ0n) is 10.2. The van der Waals surface area contributed by atoms with E-state index < -0.39 is 0 Å². The molecule has 1 heterocycles. The molecule has 0 spiro atoms. The van der Waals surface area contributed by atoms with Gasteiger partial charge in [0.2, 0.25) is 0 Å². The van der Waals surface area contributed by atoms with Gasteiger partial charge in [0.1, 0.15) is 0 Å². The summed E-state index contributed by atoms with van der Waals surface area (Å²) in [5, 5.41) is 4.68. The fourth-order valence-corrected chi connectivity index (χ4v) is 2.09. The number of nitrogens with zero attached hydrogens (tertiary/aromatic N) is 1. The second kappa shape index (κ2) is 5.56. The second-order valence-electron chi connectivity index (χ2n) is 4.16. The van der Waals surface area contributed by atoms with Crippen molar-refractivity contribution in [3.8, 4) is 12.3 Å². The van der Waals surface area contributed by atoms with Crippen molar-refractivity contribution in [2.24, 2.45) is 0 Å². The second-order valence-corrected chi connectivity index (χ2v) is 4.16. The van der Waals surface area contributed by atoms with Crippen molar-refractivity contribution in [3.63, 3.8) is 0 Å². The number of rotatable bonds is 5. The SMILES string of the molecule is C#CCn1c(CNCCC)cc2ccccc21. The highest BCUT2D eigenvalue weighted by atomic mass is 15.0. The van der Waals surface area contributed by atoms with Crippen LogP contribution in [0.3, 0.4) is 0 Å². The van der Waals surface area contributed by atoms with Crippen LogP contribution in [0.15, 0.2) is 30.3 Å². The minimum absolute atomic E-state index is 0.636. The van der Waals surface area contributed by atoms with Crippen LogP contribution in [-0.2, 0) is 13.1 Å². The van der Waals surface area contributed by atoms with Gasteiger partial charge in [-0.15, -0.1) is 6.42 Å². The predicted molar refractivity (Wildman–Crippen MR) is 72.8 cm³/mol. The molecule has 2 heteroatoms. The molecule has 0 aliphatic rings. The lowest BCUT2D eigenvalue weighted by molar-refractivity contribution is 0.641. The number of benzene rings is 1. The molecule has 0 atom stereocenters. The van der Waals surface area contributed by atoms with Crippen molar-refractivity contribution in [1.82, 2.24) is 9.88 Å². The third-order valence-electron chi connectivity index (χ3n) is 2.88. The van der Waals surface area contributed by atoms with Crippen molar-refractivity contribution in [2.75, 3.05) is 6.54 Å². The fraction of sp³-hybridized carbons (Fsp3) is 0.333. The number of aromatic nitrogens is 1. The van der Waals surface area contributed by atoms with E-state index in [1.165, 1.54) is 16.6 Å². The molecule has 0 saturated heterocycles. The highest BCUT2D eigenvalue weighted by Gasteiger charge is 2.06. The Morgan fingerprint density at radius 2 is 2.18 bits per heavy atom. The summed E-state index contributed by atoms with van der Waals surface area (Å²) in [5.41, 5.74) is 2.48. The van der Waals surface area contributed by atoms with Crippen molar-refractivity contribution in [1.29, 1.82) is 0 Å². The van der Waals surface area contributed by atoms with Gasteiger partial charge in [0, 0.05) is 17.8 Å². The highest BCUT2D eigenvalue weighted by Crippen LogP contribution is 2.19. The Balaban J connectivity index is 2.33. The van der Waals surface area contributed by atoms with Crippen LogP contribution < -0.4 is 5.32 Å². The molecule has 0 radical (unpaired) electrons. The Kier molecular flexibility index (Phi) is 3.85. The van der Waals surface area contributed by atoms with E-state index in [0.29, 0.717) is 6.54 Å². The topological polar surface area (TPSA) is 17.0 Å². The predicted octanol–water partition coefficient (Wildman–Crippen LogP) is 2.77. The lowest BCUT2D eigenvalue weighted by Crippen LogP contribution is -2.16. The molecule has 0 aliphatic heterocycles. The van der Waals surface area contributed by atoms with Crippen LogP contribution in [-0.4, -0.2) is 11.1 Å². The normalized spacial score (nSPS) is 10.6. The molecule has 2 aromatic rings. The van der Waals surface area contributed by atoms with Crippen LogP contribution in [0.4, 0.5) is 0 Å². The molecular weight excluding hydrogens is 208 g/mol. The summed E-state index contributed by atoms with van der Waals surface area (Å²) < 4.78 is 2.21. The van der Waals surface area contributed by atoms with Gasteiger partial charge in [-0.2, -0.15) is 0 Å². The summed E-state index contributed by atoms with van der Waals surface area (Å²) in [7, 11) is 0. The Morgan fingerprint density at radius 3 is 2.94 bits per heavy atom. The maximum absolute atomic E-state index is 5.44. The minimum atomic E-state index is 0.636. The third kappa shape index (κ3) is 2.51. The number of hydrogen-bond donors (Lipinski definition) is 1. The quantitative estimate of drug-likeness (QED) is 0.613. The molecule has 1 aromatic carbocycles. The first-order valence-corrected chi connectivity index (χ1v) is 6.08. The van der Waals surface area contributed by atoms with Gasteiger partial charge in [-0.05, 0) is 30.5 Å². The first-order valence-electron chi connectivity index (χ1n) is 6.08. The fourth-order valence-electron chi connectivity index (χ4n) is 2.09. The molecule has 0 amide bonds. The number of hydrogen-bond acceptors (Lipinski definition) is 1. The Bertz CT molecular complexity index is 531.